The summed E-state index contributed by atoms with van der Waals surface area (Å²) in [6.45, 7) is 5.43. The first-order valence-electron chi connectivity index (χ1n) is 10.6. The van der Waals surface area contributed by atoms with E-state index in [-0.39, 0.29) is 5.92 Å². The molecule has 1 unspecified atom stereocenters. The van der Waals surface area contributed by atoms with E-state index in [1.165, 1.54) is 18.4 Å². The van der Waals surface area contributed by atoms with Gasteiger partial charge in [0, 0.05) is 38.1 Å². The Kier molecular flexibility index (Phi) is 7.55. The lowest BCUT2D eigenvalue weighted by atomic mass is 10.1. The van der Waals surface area contributed by atoms with Crippen LogP contribution in [0, 0.1) is 5.92 Å². The van der Waals surface area contributed by atoms with Gasteiger partial charge in [-0.1, -0.05) is 43.2 Å². The number of amides is 1. The monoisotopic (exact) mass is 370 g/mol. The van der Waals surface area contributed by atoms with Gasteiger partial charge in [0.05, 0.1) is 0 Å². The van der Waals surface area contributed by atoms with Crippen LogP contribution in [0.1, 0.15) is 51.0 Å². The van der Waals surface area contributed by atoms with E-state index in [1.807, 2.05) is 0 Å². The number of rotatable bonds is 7. The maximum atomic E-state index is 12.6. The Morgan fingerprint density at radius 1 is 1.19 bits per heavy atom. The summed E-state index contributed by atoms with van der Waals surface area (Å²) in [6.07, 6.45) is 7.69. The first kappa shape index (κ1) is 19.7. The lowest BCUT2D eigenvalue weighted by Gasteiger charge is -2.21. The van der Waals surface area contributed by atoms with Gasteiger partial charge in [0.15, 0.2) is 5.96 Å². The summed E-state index contributed by atoms with van der Waals surface area (Å²) >= 11 is 0. The van der Waals surface area contributed by atoms with E-state index in [2.05, 4.69) is 52.8 Å². The van der Waals surface area contributed by atoms with Crippen molar-refractivity contribution in [1.29, 1.82) is 0 Å². The van der Waals surface area contributed by atoms with Gasteiger partial charge in [-0.3, -0.25) is 9.79 Å². The topological polar surface area (TPSA) is 56.7 Å². The van der Waals surface area contributed by atoms with Crippen molar-refractivity contribution < 1.29 is 4.79 Å². The minimum absolute atomic E-state index is 0.281. The molecule has 0 bridgehead atoms. The summed E-state index contributed by atoms with van der Waals surface area (Å²) < 4.78 is 0. The van der Waals surface area contributed by atoms with E-state index >= 15 is 0 Å². The number of guanidine groups is 1. The van der Waals surface area contributed by atoms with Crippen molar-refractivity contribution in [3.63, 3.8) is 0 Å². The molecule has 2 aliphatic rings. The van der Waals surface area contributed by atoms with Crippen molar-refractivity contribution in [3.05, 3.63) is 35.9 Å². The molecule has 2 N–H and O–H groups in total. The Morgan fingerprint density at radius 2 is 1.96 bits per heavy atom. The van der Waals surface area contributed by atoms with Gasteiger partial charge in [0.2, 0.25) is 5.91 Å². The summed E-state index contributed by atoms with van der Waals surface area (Å²) in [7, 11) is 0. The molecule has 5 heteroatoms. The number of carbonyl (C=O) groups is 1. The van der Waals surface area contributed by atoms with Crippen molar-refractivity contribution in [2.24, 2.45) is 10.9 Å². The van der Waals surface area contributed by atoms with Crippen LogP contribution in [0.15, 0.2) is 35.3 Å². The summed E-state index contributed by atoms with van der Waals surface area (Å²) in [4.78, 5) is 19.4. The predicted octanol–water partition coefficient (Wildman–Crippen LogP) is 2.97. The van der Waals surface area contributed by atoms with Gasteiger partial charge < -0.3 is 15.5 Å². The van der Waals surface area contributed by atoms with Crippen LogP contribution >= 0.6 is 0 Å². The summed E-state index contributed by atoms with van der Waals surface area (Å²) in [5.74, 6) is 1.54. The summed E-state index contributed by atoms with van der Waals surface area (Å²) in [5, 5.41) is 6.88. The van der Waals surface area contributed by atoms with Gasteiger partial charge in [-0.2, -0.15) is 0 Å². The molecule has 0 aromatic heterocycles. The molecule has 1 aromatic rings. The first-order valence-corrected chi connectivity index (χ1v) is 10.6. The minimum Gasteiger partial charge on any atom is -0.357 e. The van der Waals surface area contributed by atoms with Crippen LogP contribution in [-0.2, 0) is 11.2 Å². The highest BCUT2D eigenvalue weighted by Gasteiger charge is 2.32. The lowest BCUT2D eigenvalue weighted by Crippen LogP contribution is -2.45. The van der Waals surface area contributed by atoms with Gasteiger partial charge in [-0.05, 0) is 44.6 Å². The van der Waals surface area contributed by atoms with Gasteiger partial charge in [0.25, 0.3) is 0 Å². The number of likely N-dealkylation sites (tertiary alicyclic amines) is 1. The molecule has 27 heavy (non-hydrogen) atoms. The largest absolute Gasteiger partial charge is 0.357 e. The highest BCUT2D eigenvalue weighted by atomic mass is 16.2. The molecule has 5 nitrogen and oxygen atoms in total. The Balaban J connectivity index is 1.43. The standard InChI is InChI=1S/C22H34N4O/c1-2-23-22(24-15-8-11-18-9-4-3-5-10-18)25-20-14-16-26(17-20)21(27)19-12-6-7-13-19/h3-5,9-10,19-20H,2,6-8,11-17H2,1H3,(H2,23,24,25). The van der Waals surface area contributed by atoms with Crippen LogP contribution < -0.4 is 10.6 Å². The van der Waals surface area contributed by atoms with Crippen molar-refractivity contribution >= 4 is 11.9 Å². The summed E-state index contributed by atoms with van der Waals surface area (Å²) in [6, 6.07) is 10.9. The third kappa shape index (κ3) is 5.98. The van der Waals surface area contributed by atoms with Crippen LogP contribution in [0.3, 0.4) is 0 Å². The zero-order valence-electron chi connectivity index (χ0n) is 16.6. The van der Waals surface area contributed by atoms with Crippen LogP contribution in [0.25, 0.3) is 0 Å². The van der Waals surface area contributed by atoms with E-state index in [0.29, 0.717) is 11.9 Å². The smallest absolute Gasteiger partial charge is 0.225 e. The summed E-state index contributed by atoms with van der Waals surface area (Å²) in [5.41, 5.74) is 1.36. The van der Waals surface area contributed by atoms with E-state index in [0.717, 1.165) is 64.2 Å². The van der Waals surface area contributed by atoms with E-state index in [9.17, 15) is 4.79 Å². The van der Waals surface area contributed by atoms with E-state index in [4.69, 9.17) is 4.99 Å². The molecule has 0 spiro atoms. The highest BCUT2D eigenvalue weighted by Crippen LogP contribution is 2.27. The number of carbonyl (C=O) groups excluding carboxylic acids is 1. The lowest BCUT2D eigenvalue weighted by molar-refractivity contribution is -0.134. The van der Waals surface area contributed by atoms with Crippen LogP contribution in [0.2, 0.25) is 0 Å². The second-order valence-electron chi connectivity index (χ2n) is 7.75. The molecule has 1 saturated heterocycles. The normalized spacial score (nSPS) is 20.9. The number of hydrogen-bond donors (Lipinski definition) is 2. The van der Waals surface area contributed by atoms with Crippen LogP contribution in [0.5, 0.6) is 0 Å². The van der Waals surface area contributed by atoms with Gasteiger partial charge in [-0.25, -0.2) is 0 Å². The molecule has 1 amide bonds. The van der Waals surface area contributed by atoms with Gasteiger partial charge in [-0.15, -0.1) is 0 Å². The van der Waals surface area contributed by atoms with Crippen molar-refractivity contribution in [2.75, 3.05) is 26.2 Å². The number of nitrogens with one attached hydrogen (secondary N) is 2. The molecule has 2 fully saturated rings. The van der Waals surface area contributed by atoms with Gasteiger partial charge in [0.1, 0.15) is 0 Å². The molecule has 1 aromatic carbocycles. The molecule has 148 valence electrons. The molecule has 0 radical (unpaired) electrons. The average molecular weight is 371 g/mol. The number of aliphatic imine (C=N–C) groups is 1. The fourth-order valence-corrected chi connectivity index (χ4v) is 4.14. The molecule has 1 aliphatic heterocycles. The molecule has 1 saturated carbocycles. The molecule has 1 atom stereocenters. The molecule has 1 aliphatic carbocycles. The van der Waals surface area contributed by atoms with Crippen molar-refractivity contribution in [1.82, 2.24) is 15.5 Å². The quantitative estimate of drug-likeness (QED) is 0.441. The highest BCUT2D eigenvalue weighted by molar-refractivity contribution is 5.81. The number of benzene rings is 1. The Morgan fingerprint density at radius 3 is 2.70 bits per heavy atom. The molecular formula is C22H34N4O. The predicted molar refractivity (Wildman–Crippen MR) is 111 cm³/mol. The van der Waals surface area contributed by atoms with Gasteiger partial charge >= 0.3 is 0 Å². The molecular weight excluding hydrogens is 336 g/mol. The number of nitrogens with zero attached hydrogens (tertiary/aromatic N) is 2. The van der Waals surface area contributed by atoms with Crippen molar-refractivity contribution in [2.45, 2.75) is 57.9 Å². The second-order valence-corrected chi connectivity index (χ2v) is 7.75. The zero-order valence-corrected chi connectivity index (χ0v) is 16.6. The Bertz CT molecular complexity index is 610. The first-order chi connectivity index (χ1) is 13.3. The second kappa shape index (κ2) is 10.3. The molecule has 1 heterocycles. The maximum Gasteiger partial charge on any atom is 0.225 e. The van der Waals surface area contributed by atoms with Crippen LogP contribution in [0.4, 0.5) is 0 Å². The third-order valence-electron chi connectivity index (χ3n) is 5.63. The average Bonchev–Trinajstić information content (AvgIpc) is 3.38. The van der Waals surface area contributed by atoms with Crippen molar-refractivity contribution in [3.8, 4) is 0 Å². The fourth-order valence-electron chi connectivity index (χ4n) is 4.14. The van der Waals surface area contributed by atoms with Crippen LogP contribution in [-0.4, -0.2) is 49.0 Å². The fraction of sp³-hybridized carbons (Fsp3) is 0.636. The third-order valence-corrected chi connectivity index (χ3v) is 5.63. The van der Waals surface area contributed by atoms with E-state index in [1.54, 1.807) is 0 Å². The number of aryl methyl sites for hydroxylation is 1. The van der Waals surface area contributed by atoms with E-state index < -0.39 is 0 Å². The Labute approximate surface area is 163 Å². The Hall–Kier alpha value is -2.04. The minimum atomic E-state index is 0.281. The SMILES string of the molecule is CCNC(=NCCCc1ccccc1)NC1CCN(C(=O)C2CCCC2)C1. The number of hydrogen-bond acceptors (Lipinski definition) is 2. The maximum absolute atomic E-state index is 12.6. The zero-order chi connectivity index (χ0) is 18.9. The molecule has 3 rings (SSSR count).